The van der Waals surface area contributed by atoms with E-state index in [1.165, 1.54) is 23.5 Å². The van der Waals surface area contributed by atoms with Gasteiger partial charge in [0.1, 0.15) is 5.75 Å². The Bertz CT molecular complexity index is 952. The third-order valence-corrected chi connectivity index (χ3v) is 6.09. The number of ether oxygens (including phenoxy) is 2. The predicted molar refractivity (Wildman–Crippen MR) is 99.8 cm³/mol. The first-order chi connectivity index (χ1) is 12.9. The number of nitrogens with zero attached hydrogens (tertiary/aromatic N) is 1. The maximum Gasteiger partial charge on any atom is 0.338 e. The third kappa shape index (κ3) is 4.28. The van der Waals surface area contributed by atoms with Crippen molar-refractivity contribution in [3.63, 3.8) is 0 Å². The highest BCUT2D eigenvalue weighted by Gasteiger charge is 2.28. The zero-order valence-electron chi connectivity index (χ0n) is 14.8. The molecule has 2 aromatic rings. The molecule has 142 valence electrons. The summed E-state index contributed by atoms with van der Waals surface area (Å²) >= 11 is 0. The van der Waals surface area contributed by atoms with Gasteiger partial charge in [-0.2, -0.15) is 0 Å². The summed E-state index contributed by atoms with van der Waals surface area (Å²) in [6.07, 6.45) is 0.582. The predicted octanol–water partition coefficient (Wildman–Crippen LogP) is 2.27. The van der Waals surface area contributed by atoms with Gasteiger partial charge in [0.2, 0.25) is 10.0 Å². The topological polar surface area (TPSA) is 90.0 Å². The minimum atomic E-state index is -3.27. The fourth-order valence-electron chi connectivity index (χ4n) is 2.79. The Balaban J connectivity index is 1.62. The van der Waals surface area contributed by atoms with E-state index in [0.29, 0.717) is 30.0 Å². The van der Waals surface area contributed by atoms with E-state index in [0.717, 1.165) is 0 Å². The minimum Gasteiger partial charge on any atom is -0.497 e. The van der Waals surface area contributed by atoms with Crippen molar-refractivity contribution >= 4 is 27.5 Å². The van der Waals surface area contributed by atoms with Gasteiger partial charge in [-0.3, -0.25) is 9.10 Å². The highest BCUT2D eigenvalue weighted by atomic mass is 32.2. The lowest BCUT2D eigenvalue weighted by atomic mass is 10.1. The van der Waals surface area contributed by atoms with Gasteiger partial charge in [-0.15, -0.1) is 0 Å². The maximum absolute atomic E-state index is 12.1. The molecule has 0 saturated carbocycles. The van der Waals surface area contributed by atoms with Crippen LogP contribution in [-0.4, -0.2) is 46.2 Å². The number of rotatable bonds is 6. The molecular weight excluding hydrogens is 370 g/mol. The van der Waals surface area contributed by atoms with Crippen LogP contribution in [-0.2, 0) is 14.8 Å². The summed E-state index contributed by atoms with van der Waals surface area (Å²) in [5, 5.41) is 0. The molecule has 1 aliphatic rings. The molecule has 0 spiro atoms. The highest BCUT2D eigenvalue weighted by molar-refractivity contribution is 7.93. The van der Waals surface area contributed by atoms with Crippen molar-refractivity contribution in [2.24, 2.45) is 0 Å². The average molecular weight is 389 g/mol. The summed E-state index contributed by atoms with van der Waals surface area (Å²) in [5.41, 5.74) is 1.14. The van der Waals surface area contributed by atoms with Crippen molar-refractivity contribution in [2.45, 2.75) is 6.42 Å². The summed E-state index contributed by atoms with van der Waals surface area (Å²) in [6.45, 7) is 0.0371. The lowest BCUT2D eigenvalue weighted by molar-refractivity contribution is 0.0474. The van der Waals surface area contributed by atoms with Crippen molar-refractivity contribution in [1.29, 1.82) is 0 Å². The second kappa shape index (κ2) is 7.79. The maximum atomic E-state index is 12.1. The van der Waals surface area contributed by atoms with Crippen molar-refractivity contribution in [2.75, 3.05) is 30.3 Å². The van der Waals surface area contributed by atoms with E-state index in [-0.39, 0.29) is 17.1 Å². The van der Waals surface area contributed by atoms with Crippen molar-refractivity contribution in [3.8, 4) is 5.75 Å². The van der Waals surface area contributed by atoms with E-state index in [1.807, 2.05) is 0 Å². The number of carbonyl (C=O) groups is 2. The molecule has 1 aliphatic heterocycles. The first-order valence-corrected chi connectivity index (χ1v) is 9.96. The highest BCUT2D eigenvalue weighted by Crippen LogP contribution is 2.24. The van der Waals surface area contributed by atoms with Crippen LogP contribution < -0.4 is 9.04 Å². The molecule has 0 aliphatic carbocycles. The zero-order chi connectivity index (χ0) is 19.4. The van der Waals surface area contributed by atoms with Crippen molar-refractivity contribution in [3.05, 3.63) is 59.7 Å². The van der Waals surface area contributed by atoms with E-state index in [9.17, 15) is 18.0 Å². The SMILES string of the molecule is COc1cccc(C(=O)COC(=O)c2ccc(N3CCCS3(=O)=O)cc2)c1. The standard InChI is InChI=1S/C19H19NO6S/c1-25-17-5-2-4-15(12-17)18(21)13-26-19(22)14-6-8-16(9-7-14)20-10-3-11-27(20,23)24/h2,4-9,12H,3,10-11,13H2,1H3. The van der Waals surface area contributed by atoms with Crippen LogP contribution in [0.2, 0.25) is 0 Å². The van der Waals surface area contributed by atoms with Crippen LogP contribution in [0.1, 0.15) is 27.1 Å². The molecule has 0 aromatic heterocycles. The van der Waals surface area contributed by atoms with Gasteiger partial charge >= 0.3 is 5.97 Å². The van der Waals surface area contributed by atoms with E-state index >= 15 is 0 Å². The van der Waals surface area contributed by atoms with Gasteiger partial charge < -0.3 is 9.47 Å². The Labute approximate surface area is 157 Å². The third-order valence-electron chi connectivity index (χ3n) is 4.22. The number of anilines is 1. The molecule has 0 N–H and O–H groups in total. The summed E-state index contributed by atoms with van der Waals surface area (Å²) in [7, 11) is -1.77. The van der Waals surface area contributed by atoms with Gasteiger partial charge in [-0.05, 0) is 42.8 Å². The number of benzene rings is 2. The largest absolute Gasteiger partial charge is 0.497 e. The number of Topliss-reactive ketones (excluding diaryl/α,β-unsaturated/α-hetero) is 1. The first kappa shape index (κ1) is 18.9. The van der Waals surface area contributed by atoms with Gasteiger partial charge in [0.15, 0.2) is 12.4 Å². The van der Waals surface area contributed by atoms with Crippen LogP contribution in [0.15, 0.2) is 48.5 Å². The molecule has 1 fully saturated rings. The summed E-state index contributed by atoms with van der Waals surface area (Å²) in [6, 6.07) is 12.7. The zero-order valence-corrected chi connectivity index (χ0v) is 15.6. The summed E-state index contributed by atoms with van der Waals surface area (Å²) in [5.74, 6) is -0.327. The molecule has 1 heterocycles. The molecular formula is C19H19NO6S. The number of sulfonamides is 1. The van der Waals surface area contributed by atoms with Gasteiger partial charge in [-0.25, -0.2) is 13.2 Å². The van der Waals surface area contributed by atoms with Crippen LogP contribution >= 0.6 is 0 Å². The molecule has 0 radical (unpaired) electrons. The number of esters is 1. The smallest absolute Gasteiger partial charge is 0.338 e. The summed E-state index contributed by atoms with van der Waals surface area (Å²) < 4.78 is 35.3. The Morgan fingerprint density at radius 3 is 2.44 bits per heavy atom. The molecule has 27 heavy (non-hydrogen) atoms. The molecule has 8 heteroatoms. The molecule has 3 rings (SSSR count). The number of ketones is 1. The fourth-order valence-corrected chi connectivity index (χ4v) is 4.35. The molecule has 0 unspecified atom stereocenters. The van der Waals surface area contributed by atoms with Crippen LogP contribution in [0.25, 0.3) is 0 Å². The Morgan fingerprint density at radius 2 is 1.81 bits per heavy atom. The molecule has 7 nitrogen and oxygen atoms in total. The number of hydrogen-bond acceptors (Lipinski definition) is 6. The van der Waals surface area contributed by atoms with Crippen LogP contribution in [0.5, 0.6) is 5.75 Å². The van der Waals surface area contributed by atoms with E-state index in [4.69, 9.17) is 9.47 Å². The molecule has 1 saturated heterocycles. The second-order valence-electron chi connectivity index (χ2n) is 6.02. The number of hydrogen-bond donors (Lipinski definition) is 0. The van der Waals surface area contributed by atoms with Crippen molar-refractivity contribution in [1.82, 2.24) is 0 Å². The Hall–Kier alpha value is -2.87. The fraction of sp³-hybridized carbons (Fsp3) is 0.263. The van der Waals surface area contributed by atoms with Crippen LogP contribution in [0.3, 0.4) is 0 Å². The van der Waals surface area contributed by atoms with Gasteiger partial charge in [0, 0.05) is 12.1 Å². The Kier molecular flexibility index (Phi) is 5.46. The van der Waals surface area contributed by atoms with Gasteiger partial charge in [-0.1, -0.05) is 12.1 Å². The van der Waals surface area contributed by atoms with Crippen molar-refractivity contribution < 1.29 is 27.5 Å². The van der Waals surface area contributed by atoms with E-state index in [2.05, 4.69) is 0 Å². The minimum absolute atomic E-state index is 0.128. The van der Waals surface area contributed by atoms with Gasteiger partial charge in [0.05, 0.1) is 24.1 Å². The quantitative estimate of drug-likeness (QED) is 0.556. The normalized spacial score (nSPS) is 15.4. The number of carbonyl (C=O) groups excluding carboxylic acids is 2. The van der Waals surface area contributed by atoms with Crippen LogP contribution in [0.4, 0.5) is 5.69 Å². The average Bonchev–Trinajstić information content (AvgIpc) is 3.05. The van der Waals surface area contributed by atoms with E-state index < -0.39 is 22.6 Å². The second-order valence-corrected chi connectivity index (χ2v) is 8.03. The Morgan fingerprint density at radius 1 is 1.07 bits per heavy atom. The first-order valence-electron chi connectivity index (χ1n) is 8.35. The monoisotopic (exact) mass is 389 g/mol. The molecule has 0 amide bonds. The summed E-state index contributed by atoms with van der Waals surface area (Å²) in [4.78, 5) is 24.3. The number of methoxy groups -OCH3 is 1. The van der Waals surface area contributed by atoms with E-state index in [1.54, 1.807) is 36.4 Å². The molecule has 0 atom stereocenters. The lowest BCUT2D eigenvalue weighted by Crippen LogP contribution is -2.25. The van der Waals surface area contributed by atoms with Crippen LogP contribution in [0, 0.1) is 0 Å². The lowest BCUT2D eigenvalue weighted by Gasteiger charge is -2.16. The molecule has 0 bridgehead atoms. The van der Waals surface area contributed by atoms with Gasteiger partial charge in [0.25, 0.3) is 0 Å². The molecule has 2 aromatic carbocycles.